The Hall–Kier alpha value is -1.42. The first-order valence-corrected chi connectivity index (χ1v) is 6.09. The van der Waals surface area contributed by atoms with Gasteiger partial charge in [0.15, 0.2) is 0 Å². The van der Waals surface area contributed by atoms with Crippen LogP contribution in [0.1, 0.15) is 19.5 Å². The molecule has 0 spiro atoms. The van der Waals surface area contributed by atoms with Gasteiger partial charge in [0.1, 0.15) is 0 Å². The molecule has 0 aromatic carbocycles. The van der Waals surface area contributed by atoms with Crippen LogP contribution in [0, 0.1) is 0 Å². The van der Waals surface area contributed by atoms with E-state index in [4.69, 9.17) is 0 Å². The summed E-state index contributed by atoms with van der Waals surface area (Å²) < 4.78 is 0. The van der Waals surface area contributed by atoms with Crippen molar-refractivity contribution in [1.29, 1.82) is 0 Å². The molecule has 4 nitrogen and oxygen atoms in total. The van der Waals surface area contributed by atoms with Gasteiger partial charge in [-0.2, -0.15) is 0 Å². The van der Waals surface area contributed by atoms with Crippen molar-refractivity contribution >= 4 is 5.91 Å². The topological polar surface area (TPSA) is 45.2 Å². The molecule has 1 aliphatic heterocycles. The van der Waals surface area contributed by atoms with Crippen molar-refractivity contribution in [1.82, 2.24) is 15.2 Å². The predicted molar refractivity (Wildman–Crippen MR) is 66.6 cm³/mol. The lowest BCUT2D eigenvalue weighted by Crippen LogP contribution is -2.56. The molecular formula is C13H19N3O. The fourth-order valence-corrected chi connectivity index (χ4v) is 2.30. The number of rotatable bonds is 2. The Morgan fingerprint density at radius 3 is 2.71 bits per heavy atom. The molecule has 92 valence electrons. The fourth-order valence-electron chi connectivity index (χ4n) is 2.30. The molecule has 1 aromatic heterocycles. The van der Waals surface area contributed by atoms with Gasteiger partial charge in [0, 0.05) is 37.1 Å². The lowest BCUT2D eigenvalue weighted by molar-refractivity contribution is -0.132. The standard InChI is InChI=1S/C13H19N3O/c1-10-8-16(9-11(2)15-10)13(17)7-12-5-3-4-6-14-12/h3-6,10-11,15H,7-9H2,1-2H3. The minimum atomic E-state index is 0.170. The van der Waals surface area contributed by atoms with Gasteiger partial charge in [-0.25, -0.2) is 0 Å². The van der Waals surface area contributed by atoms with Crippen LogP contribution in [0.25, 0.3) is 0 Å². The van der Waals surface area contributed by atoms with Gasteiger partial charge < -0.3 is 10.2 Å². The number of nitrogens with zero attached hydrogens (tertiary/aromatic N) is 2. The van der Waals surface area contributed by atoms with E-state index in [1.54, 1.807) is 6.20 Å². The van der Waals surface area contributed by atoms with Gasteiger partial charge >= 0.3 is 0 Å². The van der Waals surface area contributed by atoms with E-state index in [2.05, 4.69) is 24.1 Å². The predicted octanol–water partition coefficient (Wildman–Crippen LogP) is 0.833. The van der Waals surface area contributed by atoms with Gasteiger partial charge in [0.2, 0.25) is 5.91 Å². The summed E-state index contributed by atoms with van der Waals surface area (Å²) in [5.74, 6) is 0.170. The first-order valence-electron chi connectivity index (χ1n) is 6.09. The SMILES string of the molecule is CC1CN(C(=O)Cc2ccccn2)CC(C)N1. The molecule has 17 heavy (non-hydrogen) atoms. The lowest BCUT2D eigenvalue weighted by atomic mass is 10.1. The highest BCUT2D eigenvalue weighted by molar-refractivity contribution is 5.78. The van der Waals surface area contributed by atoms with E-state index in [0.29, 0.717) is 18.5 Å². The summed E-state index contributed by atoms with van der Waals surface area (Å²) in [6.45, 7) is 5.79. The summed E-state index contributed by atoms with van der Waals surface area (Å²) in [5, 5.41) is 3.42. The summed E-state index contributed by atoms with van der Waals surface area (Å²) >= 11 is 0. The second-order valence-corrected chi connectivity index (χ2v) is 4.77. The molecule has 1 aliphatic rings. The zero-order valence-corrected chi connectivity index (χ0v) is 10.4. The van der Waals surface area contributed by atoms with Crippen molar-refractivity contribution in [2.45, 2.75) is 32.4 Å². The minimum Gasteiger partial charge on any atom is -0.339 e. The quantitative estimate of drug-likeness (QED) is 0.823. The molecule has 2 heterocycles. The summed E-state index contributed by atoms with van der Waals surface area (Å²) in [4.78, 5) is 18.2. The van der Waals surface area contributed by atoms with Crippen LogP contribution in [0.2, 0.25) is 0 Å². The number of amides is 1. The molecular weight excluding hydrogens is 214 g/mol. The van der Waals surface area contributed by atoms with Crippen LogP contribution in [0.3, 0.4) is 0 Å². The zero-order chi connectivity index (χ0) is 12.3. The molecule has 0 radical (unpaired) electrons. The van der Waals surface area contributed by atoms with Crippen LogP contribution < -0.4 is 5.32 Å². The number of carbonyl (C=O) groups is 1. The van der Waals surface area contributed by atoms with E-state index in [-0.39, 0.29) is 5.91 Å². The maximum atomic E-state index is 12.1. The minimum absolute atomic E-state index is 0.170. The Bertz CT molecular complexity index is 370. The number of carbonyl (C=O) groups excluding carboxylic acids is 1. The molecule has 1 saturated heterocycles. The molecule has 4 heteroatoms. The van der Waals surface area contributed by atoms with Crippen LogP contribution in [0.15, 0.2) is 24.4 Å². The molecule has 1 aromatic rings. The third kappa shape index (κ3) is 3.27. The van der Waals surface area contributed by atoms with Crippen LogP contribution >= 0.6 is 0 Å². The van der Waals surface area contributed by atoms with Gasteiger partial charge in [-0.1, -0.05) is 6.07 Å². The lowest BCUT2D eigenvalue weighted by Gasteiger charge is -2.36. The molecule has 2 atom stereocenters. The molecule has 1 amide bonds. The number of hydrogen-bond acceptors (Lipinski definition) is 3. The van der Waals surface area contributed by atoms with E-state index < -0.39 is 0 Å². The Morgan fingerprint density at radius 1 is 1.41 bits per heavy atom. The summed E-state index contributed by atoms with van der Waals surface area (Å²) in [7, 11) is 0. The van der Waals surface area contributed by atoms with Gasteiger partial charge in [0.05, 0.1) is 6.42 Å². The number of hydrogen-bond donors (Lipinski definition) is 1. The van der Waals surface area contributed by atoms with Crippen LogP contribution in [0.4, 0.5) is 0 Å². The molecule has 0 bridgehead atoms. The fraction of sp³-hybridized carbons (Fsp3) is 0.538. The maximum absolute atomic E-state index is 12.1. The van der Waals surface area contributed by atoms with Crippen LogP contribution in [-0.4, -0.2) is 41.0 Å². The van der Waals surface area contributed by atoms with Crippen molar-refractivity contribution < 1.29 is 4.79 Å². The van der Waals surface area contributed by atoms with Gasteiger partial charge in [-0.05, 0) is 26.0 Å². The smallest absolute Gasteiger partial charge is 0.228 e. The van der Waals surface area contributed by atoms with Crippen molar-refractivity contribution in [3.63, 3.8) is 0 Å². The second kappa shape index (κ2) is 5.27. The average molecular weight is 233 g/mol. The van der Waals surface area contributed by atoms with Crippen molar-refractivity contribution in [2.24, 2.45) is 0 Å². The Balaban J connectivity index is 1.96. The van der Waals surface area contributed by atoms with Crippen molar-refractivity contribution in [3.05, 3.63) is 30.1 Å². The van der Waals surface area contributed by atoms with Crippen LogP contribution in [-0.2, 0) is 11.2 Å². The molecule has 2 unspecified atom stereocenters. The highest BCUT2D eigenvalue weighted by Gasteiger charge is 2.24. The normalized spacial score (nSPS) is 24.7. The Morgan fingerprint density at radius 2 is 2.12 bits per heavy atom. The van der Waals surface area contributed by atoms with E-state index in [9.17, 15) is 4.79 Å². The van der Waals surface area contributed by atoms with Gasteiger partial charge in [-0.3, -0.25) is 9.78 Å². The molecule has 1 fully saturated rings. The highest BCUT2D eigenvalue weighted by atomic mass is 16.2. The summed E-state index contributed by atoms with van der Waals surface area (Å²) in [6.07, 6.45) is 2.13. The summed E-state index contributed by atoms with van der Waals surface area (Å²) in [6, 6.07) is 6.41. The third-order valence-electron chi connectivity index (χ3n) is 2.97. The monoisotopic (exact) mass is 233 g/mol. The van der Waals surface area contributed by atoms with Crippen molar-refractivity contribution in [2.75, 3.05) is 13.1 Å². The van der Waals surface area contributed by atoms with Crippen molar-refractivity contribution in [3.8, 4) is 0 Å². The average Bonchev–Trinajstić information content (AvgIpc) is 2.29. The number of aromatic nitrogens is 1. The molecule has 1 N–H and O–H groups in total. The molecule has 0 saturated carbocycles. The maximum Gasteiger partial charge on any atom is 0.228 e. The second-order valence-electron chi connectivity index (χ2n) is 4.77. The third-order valence-corrected chi connectivity index (χ3v) is 2.97. The highest BCUT2D eigenvalue weighted by Crippen LogP contribution is 2.07. The first kappa shape index (κ1) is 12.0. The van der Waals surface area contributed by atoms with E-state index >= 15 is 0 Å². The van der Waals surface area contributed by atoms with E-state index in [1.807, 2.05) is 23.1 Å². The van der Waals surface area contributed by atoms with E-state index in [1.165, 1.54) is 0 Å². The van der Waals surface area contributed by atoms with E-state index in [0.717, 1.165) is 18.8 Å². The molecule has 0 aliphatic carbocycles. The van der Waals surface area contributed by atoms with Gasteiger partial charge in [0.25, 0.3) is 0 Å². The molecule has 2 rings (SSSR count). The Kier molecular flexibility index (Phi) is 3.74. The zero-order valence-electron chi connectivity index (χ0n) is 10.4. The largest absolute Gasteiger partial charge is 0.339 e. The first-order chi connectivity index (χ1) is 8.15. The number of pyridine rings is 1. The summed E-state index contributed by atoms with van der Waals surface area (Å²) in [5.41, 5.74) is 0.844. The van der Waals surface area contributed by atoms with Gasteiger partial charge in [-0.15, -0.1) is 0 Å². The Labute approximate surface area is 102 Å². The van der Waals surface area contributed by atoms with Crippen LogP contribution in [0.5, 0.6) is 0 Å². The number of piperazine rings is 1. The number of nitrogens with one attached hydrogen (secondary N) is 1.